The Morgan fingerprint density at radius 1 is 1.17 bits per heavy atom. The van der Waals surface area contributed by atoms with E-state index in [1.54, 1.807) is 6.07 Å². The topological polar surface area (TPSA) is 102 Å². The van der Waals surface area contributed by atoms with Crippen LogP contribution in [0.2, 0.25) is 18.1 Å². The van der Waals surface area contributed by atoms with Gasteiger partial charge in [0.2, 0.25) is 0 Å². The normalized spacial score (nSPS) is 23.8. The molecular weight excluding hydrogens is 625 g/mol. The average Bonchev–Trinajstić information content (AvgIpc) is 3.26. The third kappa shape index (κ3) is 6.27. The van der Waals surface area contributed by atoms with E-state index < -0.39 is 60.7 Å². The molecule has 1 aliphatic carbocycles. The first-order chi connectivity index (χ1) is 21.6. The third-order valence-corrected chi connectivity index (χ3v) is 15.4. The van der Waals surface area contributed by atoms with Gasteiger partial charge in [-0.05, 0) is 59.1 Å². The number of carboxylic acids is 1. The lowest BCUT2D eigenvalue weighted by atomic mass is 9.63. The molecule has 2 aliphatic heterocycles. The van der Waals surface area contributed by atoms with E-state index in [9.17, 15) is 28.3 Å². The molecule has 1 saturated heterocycles. The summed E-state index contributed by atoms with van der Waals surface area (Å²) in [4.78, 5) is 17.7. The van der Waals surface area contributed by atoms with Gasteiger partial charge in [0.25, 0.3) is 0 Å². The molecule has 0 amide bonds. The van der Waals surface area contributed by atoms with Crippen LogP contribution in [0.4, 0.5) is 13.2 Å². The number of ether oxygens (including phenoxy) is 2. The summed E-state index contributed by atoms with van der Waals surface area (Å²) >= 11 is 0. The van der Waals surface area contributed by atoms with Gasteiger partial charge in [-0.1, -0.05) is 54.5 Å². The van der Waals surface area contributed by atoms with Crippen LogP contribution in [0.1, 0.15) is 143 Å². The summed E-state index contributed by atoms with van der Waals surface area (Å²) in [7, 11) is -2.38. The van der Waals surface area contributed by atoms with Gasteiger partial charge in [0.05, 0.1) is 41.0 Å². The van der Waals surface area contributed by atoms with E-state index in [4.69, 9.17) is 18.9 Å². The number of carbonyl (C=O) groups is 1. The minimum atomic E-state index is -4.68. The van der Waals surface area contributed by atoms with Gasteiger partial charge >= 0.3 is 12.1 Å². The lowest BCUT2D eigenvalue weighted by Gasteiger charge is -2.49. The van der Waals surface area contributed by atoms with Crippen molar-refractivity contribution in [2.45, 2.75) is 128 Å². The molecule has 3 atom stereocenters. The lowest BCUT2D eigenvalue weighted by molar-refractivity contribution is -0.139. The molecule has 256 valence electrons. The molecule has 1 fully saturated rings. The van der Waals surface area contributed by atoms with Crippen molar-refractivity contribution in [2.75, 3.05) is 13.2 Å². The van der Waals surface area contributed by atoms with E-state index in [2.05, 4.69) is 47.7 Å². The SMILES string of the molecule is CC(C)c1nc2c(c3c1[C@@H](c1ccc(C(F)(F)F)c(C#N)c1)OC31CCOCC1)[C@@H](O[Si](C)(C)C(C)(C)C)CC(C)(C)[C@H]2CC(=O)O. The maximum absolute atomic E-state index is 13.8. The number of benzene rings is 1. The van der Waals surface area contributed by atoms with E-state index in [-0.39, 0.29) is 17.4 Å². The summed E-state index contributed by atoms with van der Waals surface area (Å²) in [5, 5.41) is 19.8. The molecule has 1 aromatic carbocycles. The van der Waals surface area contributed by atoms with Gasteiger partial charge in [-0.3, -0.25) is 9.78 Å². The van der Waals surface area contributed by atoms with Crippen LogP contribution in [0.5, 0.6) is 0 Å². The summed E-state index contributed by atoms with van der Waals surface area (Å²) in [5.41, 5.74) is 1.72. The Balaban J connectivity index is 1.86. The molecule has 0 saturated carbocycles. The molecule has 7 nitrogen and oxygen atoms in total. The molecule has 1 spiro atoms. The summed E-state index contributed by atoms with van der Waals surface area (Å²) in [6, 6.07) is 5.40. The van der Waals surface area contributed by atoms with E-state index in [0.29, 0.717) is 38.0 Å². The van der Waals surface area contributed by atoms with Gasteiger partial charge in [0.1, 0.15) is 6.10 Å². The van der Waals surface area contributed by atoms with Gasteiger partial charge in [-0.25, -0.2) is 0 Å². The van der Waals surface area contributed by atoms with Crippen molar-refractivity contribution in [2.24, 2.45) is 5.41 Å². The zero-order valence-electron chi connectivity index (χ0n) is 28.9. The third-order valence-electron chi connectivity index (χ3n) is 10.9. The van der Waals surface area contributed by atoms with Gasteiger partial charge in [0.15, 0.2) is 8.32 Å². The summed E-state index contributed by atoms with van der Waals surface area (Å²) in [6.45, 7) is 20.0. The minimum absolute atomic E-state index is 0.0963. The van der Waals surface area contributed by atoms with Gasteiger partial charge in [-0.2, -0.15) is 18.4 Å². The maximum atomic E-state index is 13.8. The number of aromatic nitrogens is 1. The second kappa shape index (κ2) is 12.0. The number of nitriles is 1. The minimum Gasteiger partial charge on any atom is -0.481 e. The number of pyridine rings is 1. The predicted octanol–water partition coefficient (Wildman–Crippen LogP) is 9.27. The van der Waals surface area contributed by atoms with Crippen LogP contribution in [0, 0.1) is 16.7 Å². The fourth-order valence-electron chi connectivity index (χ4n) is 7.42. The summed E-state index contributed by atoms with van der Waals surface area (Å²) in [6.07, 6.45) is -4.35. The number of hydrogen-bond donors (Lipinski definition) is 1. The standard InChI is InChI=1S/C36H47F3N2O5Si/c1-20(2)30-28-29(27-25(46-47(8,9)33(3,4)5)18-34(6,7)24(17-26(42)43)31(27)41-30)35(12-14-44-15-13-35)45-32(28)21-10-11-23(36(37,38)39)22(16-21)19-40/h10-11,16,20,24-25,32H,12-15,17-18H2,1-9H3,(H,42,43)/t24-,25-,32+/m0/s1. The number of halogens is 3. The Morgan fingerprint density at radius 3 is 2.34 bits per heavy atom. The van der Waals surface area contributed by atoms with Crippen molar-refractivity contribution in [3.63, 3.8) is 0 Å². The Bertz CT molecular complexity index is 1600. The van der Waals surface area contributed by atoms with Crippen LogP contribution in [0.25, 0.3) is 0 Å². The number of rotatable bonds is 6. The first-order valence-corrected chi connectivity index (χ1v) is 19.4. The maximum Gasteiger partial charge on any atom is 0.417 e. The number of hydrogen-bond acceptors (Lipinski definition) is 6. The number of fused-ring (bicyclic) bond motifs is 4. The Morgan fingerprint density at radius 2 is 1.81 bits per heavy atom. The lowest BCUT2D eigenvalue weighted by Crippen LogP contribution is -2.46. The predicted molar refractivity (Wildman–Crippen MR) is 174 cm³/mol. The molecule has 47 heavy (non-hydrogen) atoms. The fraction of sp³-hybridized carbons (Fsp3) is 0.639. The fourth-order valence-corrected chi connectivity index (χ4v) is 8.69. The second-order valence-electron chi connectivity index (χ2n) is 16.0. The van der Waals surface area contributed by atoms with Gasteiger partial charge < -0.3 is 19.0 Å². The van der Waals surface area contributed by atoms with Crippen molar-refractivity contribution in [1.82, 2.24) is 4.98 Å². The first-order valence-electron chi connectivity index (χ1n) is 16.5. The molecule has 1 aromatic heterocycles. The van der Waals surface area contributed by atoms with Crippen molar-refractivity contribution < 1.29 is 37.0 Å². The highest BCUT2D eigenvalue weighted by Gasteiger charge is 2.55. The average molecular weight is 673 g/mol. The largest absolute Gasteiger partial charge is 0.481 e. The Hall–Kier alpha value is -2.78. The smallest absolute Gasteiger partial charge is 0.417 e. The second-order valence-corrected chi connectivity index (χ2v) is 20.7. The van der Waals surface area contributed by atoms with Crippen LogP contribution >= 0.6 is 0 Å². The molecule has 1 N–H and O–H groups in total. The highest BCUT2D eigenvalue weighted by atomic mass is 28.4. The number of alkyl halides is 3. The van der Waals surface area contributed by atoms with Crippen molar-refractivity contribution in [3.8, 4) is 6.07 Å². The molecule has 0 radical (unpaired) electrons. The quantitative estimate of drug-likeness (QED) is 0.305. The highest BCUT2D eigenvalue weighted by molar-refractivity contribution is 6.74. The van der Waals surface area contributed by atoms with E-state index in [1.165, 1.54) is 12.1 Å². The van der Waals surface area contributed by atoms with Gasteiger partial charge in [-0.15, -0.1) is 0 Å². The van der Waals surface area contributed by atoms with Crippen molar-refractivity contribution >= 4 is 14.3 Å². The molecule has 0 bridgehead atoms. The zero-order valence-corrected chi connectivity index (χ0v) is 29.9. The van der Waals surface area contributed by atoms with Crippen LogP contribution in [0.3, 0.4) is 0 Å². The molecule has 5 rings (SSSR count). The van der Waals surface area contributed by atoms with Crippen LogP contribution in [-0.2, 0) is 30.5 Å². The monoisotopic (exact) mass is 672 g/mol. The molecule has 0 unspecified atom stereocenters. The van der Waals surface area contributed by atoms with E-state index in [1.807, 2.05) is 13.8 Å². The summed E-state index contributed by atoms with van der Waals surface area (Å²) < 4.78 is 61.6. The molecule has 3 aliphatic rings. The molecule has 11 heteroatoms. The highest BCUT2D eigenvalue weighted by Crippen LogP contribution is 2.61. The number of aliphatic carboxylic acids is 1. The Kier molecular flexibility index (Phi) is 9.05. The first kappa shape index (κ1) is 35.5. The number of carboxylic acid groups (broad SMARTS) is 1. The van der Waals surface area contributed by atoms with Crippen LogP contribution in [0.15, 0.2) is 18.2 Å². The van der Waals surface area contributed by atoms with Crippen molar-refractivity contribution in [3.05, 3.63) is 63.0 Å². The van der Waals surface area contributed by atoms with Gasteiger partial charge in [0, 0.05) is 48.8 Å². The van der Waals surface area contributed by atoms with Crippen LogP contribution < -0.4 is 0 Å². The van der Waals surface area contributed by atoms with Crippen LogP contribution in [-0.4, -0.2) is 37.6 Å². The van der Waals surface area contributed by atoms with E-state index in [0.717, 1.165) is 34.1 Å². The number of nitrogens with zero attached hydrogens (tertiary/aromatic N) is 2. The molecule has 3 heterocycles. The molecular formula is C36H47F3N2O5Si. The summed E-state index contributed by atoms with van der Waals surface area (Å²) in [5.74, 6) is -1.42. The van der Waals surface area contributed by atoms with E-state index >= 15 is 0 Å². The Labute approximate surface area is 277 Å². The zero-order chi connectivity index (χ0) is 34.9. The van der Waals surface area contributed by atoms with Crippen molar-refractivity contribution in [1.29, 1.82) is 5.26 Å². The molecule has 2 aromatic rings.